The third kappa shape index (κ3) is 2.33. The molecule has 0 spiro atoms. The summed E-state index contributed by atoms with van der Waals surface area (Å²) in [5.74, 6) is -0.812. The van der Waals surface area contributed by atoms with E-state index in [1.807, 2.05) is 0 Å². The molecule has 6 heteroatoms. The standard InChI is InChI=1S/C15H13FN2O3/c1-9(19)15(20)18-7-6-13-11(8-18)14(17-21-13)10-4-2-3-5-12(10)16/h2-5H,6-8H2,1H3. The fourth-order valence-electron chi connectivity index (χ4n) is 2.47. The van der Waals surface area contributed by atoms with Crippen LogP contribution in [0.2, 0.25) is 0 Å². The molecule has 0 radical (unpaired) electrons. The van der Waals surface area contributed by atoms with Gasteiger partial charge in [-0.25, -0.2) is 4.39 Å². The van der Waals surface area contributed by atoms with E-state index in [0.717, 1.165) is 0 Å². The molecule has 21 heavy (non-hydrogen) atoms. The summed E-state index contributed by atoms with van der Waals surface area (Å²) in [7, 11) is 0. The van der Waals surface area contributed by atoms with E-state index in [2.05, 4.69) is 5.16 Å². The Hall–Kier alpha value is -2.50. The number of amides is 1. The van der Waals surface area contributed by atoms with Gasteiger partial charge < -0.3 is 9.42 Å². The van der Waals surface area contributed by atoms with Crippen LogP contribution in [0.4, 0.5) is 4.39 Å². The van der Waals surface area contributed by atoms with E-state index in [9.17, 15) is 14.0 Å². The van der Waals surface area contributed by atoms with Gasteiger partial charge in [0.2, 0.25) is 5.78 Å². The number of Topliss-reactive ketones (excluding diaryl/α,β-unsaturated/α-hetero) is 1. The maximum atomic E-state index is 13.9. The van der Waals surface area contributed by atoms with Crippen LogP contribution in [0.15, 0.2) is 28.8 Å². The molecule has 1 aromatic carbocycles. The molecule has 0 N–H and O–H groups in total. The summed E-state index contributed by atoms with van der Waals surface area (Å²) in [5, 5.41) is 3.93. The van der Waals surface area contributed by atoms with Crippen molar-refractivity contribution in [3.8, 4) is 11.3 Å². The highest BCUT2D eigenvalue weighted by Gasteiger charge is 2.29. The number of halogens is 1. The van der Waals surface area contributed by atoms with Crippen molar-refractivity contribution in [2.75, 3.05) is 6.54 Å². The average Bonchev–Trinajstić information content (AvgIpc) is 2.89. The second-order valence-electron chi connectivity index (χ2n) is 4.95. The molecule has 2 heterocycles. The average molecular weight is 288 g/mol. The minimum atomic E-state index is -0.540. The van der Waals surface area contributed by atoms with E-state index >= 15 is 0 Å². The first-order valence-corrected chi connectivity index (χ1v) is 6.60. The van der Waals surface area contributed by atoms with Gasteiger partial charge in [0.1, 0.15) is 17.3 Å². The van der Waals surface area contributed by atoms with E-state index in [4.69, 9.17) is 4.52 Å². The lowest BCUT2D eigenvalue weighted by atomic mass is 10.0. The summed E-state index contributed by atoms with van der Waals surface area (Å²) in [6, 6.07) is 6.26. The Labute approximate surface area is 120 Å². The number of fused-ring (bicyclic) bond motifs is 1. The molecule has 1 aliphatic heterocycles. The number of hydrogen-bond donors (Lipinski definition) is 0. The number of rotatable bonds is 2. The molecule has 0 fully saturated rings. The maximum absolute atomic E-state index is 13.9. The topological polar surface area (TPSA) is 63.4 Å². The Kier molecular flexibility index (Phi) is 3.29. The van der Waals surface area contributed by atoms with Gasteiger partial charge in [0, 0.05) is 31.0 Å². The van der Waals surface area contributed by atoms with Crippen LogP contribution in [0, 0.1) is 5.82 Å². The Morgan fingerprint density at radius 1 is 1.33 bits per heavy atom. The highest BCUT2D eigenvalue weighted by atomic mass is 19.1. The van der Waals surface area contributed by atoms with E-state index in [1.165, 1.54) is 17.9 Å². The molecule has 2 aromatic rings. The van der Waals surface area contributed by atoms with Gasteiger partial charge >= 0.3 is 0 Å². The molecular formula is C15H13FN2O3. The van der Waals surface area contributed by atoms with Gasteiger partial charge in [0.25, 0.3) is 5.91 Å². The first kappa shape index (κ1) is 13.5. The van der Waals surface area contributed by atoms with Crippen molar-refractivity contribution in [1.29, 1.82) is 0 Å². The predicted molar refractivity (Wildman–Crippen MR) is 71.7 cm³/mol. The lowest BCUT2D eigenvalue weighted by Gasteiger charge is -2.25. The zero-order valence-corrected chi connectivity index (χ0v) is 11.4. The molecule has 0 unspecified atom stereocenters. The molecule has 0 saturated carbocycles. The van der Waals surface area contributed by atoms with Crippen LogP contribution in [-0.2, 0) is 22.6 Å². The van der Waals surface area contributed by atoms with Crippen LogP contribution >= 0.6 is 0 Å². The third-order valence-electron chi connectivity index (χ3n) is 3.54. The van der Waals surface area contributed by atoms with Gasteiger partial charge in [-0.3, -0.25) is 9.59 Å². The summed E-state index contributed by atoms with van der Waals surface area (Å²) in [5.41, 5.74) is 1.39. The maximum Gasteiger partial charge on any atom is 0.289 e. The van der Waals surface area contributed by atoms with Crippen molar-refractivity contribution in [1.82, 2.24) is 10.1 Å². The van der Waals surface area contributed by atoms with Crippen molar-refractivity contribution in [3.63, 3.8) is 0 Å². The molecule has 0 saturated heterocycles. The first-order valence-electron chi connectivity index (χ1n) is 6.60. The van der Waals surface area contributed by atoms with Crippen LogP contribution in [0.3, 0.4) is 0 Å². The Morgan fingerprint density at radius 2 is 2.10 bits per heavy atom. The van der Waals surface area contributed by atoms with E-state index < -0.39 is 17.5 Å². The van der Waals surface area contributed by atoms with Gasteiger partial charge in [-0.15, -0.1) is 0 Å². The summed E-state index contributed by atoms with van der Waals surface area (Å²) >= 11 is 0. The summed E-state index contributed by atoms with van der Waals surface area (Å²) in [6.45, 7) is 1.85. The van der Waals surface area contributed by atoms with Gasteiger partial charge in [0.15, 0.2) is 0 Å². The summed E-state index contributed by atoms with van der Waals surface area (Å²) < 4.78 is 19.1. The second-order valence-corrected chi connectivity index (χ2v) is 4.95. The smallest absolute Gasteiger partial charge is 0.289 e. The number of nitrogens with zero attached hydrogens (tertiary/aromatic N) is 2. The van der Waals surface area contributed by atoms with Crippen molar-refractivity contribution in [2.45, 2.75) is 19.9 Å². The SMILES string of the molecule is CC(=O)C(=O)N1CCc2onc(-c3ccccc3F)c2C1. The first-order chi connectivity index (χ1) is 10.1. The van der Waals surface area contributed by atoms with Crippen LogP contribution < -0.4 is 0 Å². The highest BCUT2D eigenvalue weighted by Crippen LogP contribution is 2.31. The largest absolute Gasteiger partial charge is 0.360 e. The van der Waals surface area contributed by atoms with Crippen molar-refractivity contribution in [3.05, 3.63) is 41.4 Å². The number of carbonyl (C=O) groups excluding carboxylic acids is 2. The molecule has 0 bridgehead atoms. The molecule has 1 amide bonds. The normalized spacial score (nSPS) is 13.9. The minimum Gasteiger partial charge on any atom is -0.360 e. The van der Waals surface area contributed by atoms with E-state index in [0.29, 0.717) is 35.5 Å². The number of hydrogen-bond acceptors (Lipinski definition) is 4. The lowest BCUT2D eigenvalue weighted by molar-refractivity contribution is -0.144. The van der Waals surface area contributed by atoms with Gasteiger partial charge in [0.05, 0.1) is 6.54 Å². The molecule has 0 aliphatic carbocycles. The number of benzene rings is 1. The Bertz CT molecular complexity index is 723. The van der Waals surface area contributed by atoms with E-state index in [1.54, 1.807) is 18.2 Å². The Balaban J connectivity index is 1.99. The van der Waals surface area contributed by atoms with Crippen molar-refractivity contribution >= 4 is 11.7 Å². The predicted octanol–water partition coefficient (Wildman–Crippen LogP) is 1.95. The molecule has 1 aliphatic rings. The molecular weight excluding hydrogens is 275 g/mol. The number of ketones is 1. The molecule has 108 valence electrons. The van der Waals surface area contributed by atoms with Crippen molar-refractivity contribution in [2.24, 2.45) is 0 Å². The Morgan fingerprint density at radius 3 is 2.81 bits per heavy atom. The highest BCUT2D eigenvalue weighted by molar-refractivity contribution is 6.35. The number of aromatic nitrogens is 1. The molecule has 0 atom stereocenters. The molecule has 1 aromatic heterocycles. The van der Waals surface area contributed by atoms with Crippen LogP contribution in [-0.4, -0.2) is 28.3 Å². The van der Waals surface area contributed by atoms with Gasteiger partial charge in [-0.1, -0.05) is 17.3 Å². The van der Waals surface area contributed by atoms with Gasteiger partial charge in [-0.2, -0.15) is 0 Å². The van der Waals surface area contributed by atoms with Crippen molar-refractivity contribution < 1.29 is 18.5 Å². The number of carbonyl (C=O) groups is 2. The van der Waals surface area contributed by atoms with Crippen LogP contribution in [0.1, 0.15) is 18.2 Å². The minimum absolute atomic E-state index is 0.209. The zero-order valence-electron chi connectivity index (χ0n) is 11.4. The van der Waals surface area contributed by atoms with Crippen LogP contribution in [0.5, 0.6) is 0 Å². The monoisotopic (exact) mass is 288 g/mol. The second kappa shape index (κ2) is 5.12. The van der Waals surface area contributed by atoms with Gasteiger partial charge in [-0.05, 0) is 12.1 Å². The quantitative estimate of drug-likeness (QED) is 0.792. The summed E-state index contributed by atoms with van der Waals surface area (Å²) in [6.07, 6.45) is 0.468. The molecule has 5 nitrogen and oxygen atoms in total. The third-order valence-corrected chi connectivity index (χ3v) is 3.54. The fourth-order valence-corrected chi connectivity index (χ4v) is 2.47. The summed E-state index contributed by atoms with van der Waals surface area (Å²) in [4.78, 5) is 24.4. The van der Waals surface area contributed by atoms with Crippen LogP contribution in [0.25, 0.3) is 11.3 Å². The van der Waals surface area contributed by atoms with E-state index in [-0.39, 0.29) is 6.54 Å². The fraction of sp³-hybridized carbons (Fsp3) is 0.267. The molecule has 3 rings (SSSR count). The lowest BCUT2D eigenvalue weighted by Crippen LogP contribution is -2.39. The zero-order chi connectivity index (χ0) is 15.0.